The summed E-state index contributed by atoms with van der Waals surface area (Å²) in [5.41, 5.74) is -0.669. The lowest BCUT2D eigenvalue weighted by Crippen LogP contribution is -2.49. The van der Waals surface area contributed by atoms with Crippen LogP contribution in [0.2, 0.25) is 0 Å². The molecule has 2 aliphatic heterocycles. The van der Waals surface area contributed by atoms with E-state index in [0.29, 0.717) is 31.2 Å². The van der Waals surface area contributed by atoms with Crippen molar-refractivity contribution in [3.63, 3.8) is 0 Å². The summed E-state index contributed by atoms with van der Waals surface area (Å²) >= 11 is 1.92. The summed E-state index contributed by atoms with van der Waals surface area (Å²) in [6, 6.07) is -0.0417. The van der Waals surface area contributed by atoms with E-state index in [9.17, 15) is 9.59 Å². The molecular weight excluding hydrogens is 264 g/mol. The average molecular weight is 286 g/mol. The summed E-state index contributed by atoms with van der Waals surface area (Å²) in [6.45, 7) is 3.56. The maximum Gasteiger partial charge on any atom is 0.317 e. The molecule has 2 heterocycles. The Hall–Kier alpha value is -0.910. The molecule has 0 spiro atoms. The smallest absolute Gasteiger partial charge is 0.317 e. The molecule has 0 saturated carbocycles. The first-order valence-electron chi connectivity index (χ1n) is 6.89. The van der Waals surface area contributed by atoms with Crippen molar-refractivity contribution in [3.05, 3.63) is 0 Å². The number of carboxylic acids is 1. The number of thioether (sulfide) groups is 1. The summed E-state index contributed by atoms with van der Waals surface area (Å²) in [6.07, 6.45) is 3.50. The van der Waals surface area contributed by atoms with Crippen LogP contribution in [0.4, 0.5) is 4.79 Å². The van der Waals surface area contributed by atoms with Crippen LogP contribution in [-0.2, 0) is 4.79 Å². The van der Waals surface area contributed by atoms with Crippen molar-refractivity contribution in [3.8, 4) is 0 Å². The zero-order valence-electron chi connectivity index (χ0n) is 11.4. The van der Waals surface area contributed by atoms with Crippen LogP contribution in [0.5, 0.6) is 0 Å². The number of hydrogen-bond donors (Lipinski definition) is 2. The molecule has 6 heteroatoms. The molecule has 0 bridgehead atoms. The van der Waals surface area contributed by atoms with Crippen LogP contribution in [0.15, 0.2) is 0 Å². The van der Waals surface area contributed by atoms with Gasteiger partial charge >= 0.3 is 12.0 Å². The number of amides is 2. The van der Waals surface area contributed by atoms with Gasteiger partial charge in [-0.1, -0.05) is 0 Å². The molecule has 2 N–H and O–H groups in total. The molecule has 0 aliphatic carbocycles. The number of aliphatic carboxylic acids is 1. The Morgan fingerprint density at radius 1 is 1.42 bits per heavy atom. The van der Waals surface area contributed by atoms with E-state index in [0.717, 1.165) is 6.54 Å². The molecule has 2 saturated heterocycles. The molecule has 0 aromatic rings. The van der Waals surface area contributed by atoms with Gasteiger partial charge in [0.2, 0.25) is 0 Å². The third-order valence-corrected chi connectivity index (χ3v) is 5.57. The summed E-state index contributed by atoms with van der Waals surface area (Å²) in [5.74, 6) is 0.441. The molecule has 2 amide bonds. The van der Waals surface area contributed by atoms with Gasteiger partial charge in [-0.2, -0.15) is 11.8 Å². The first-order valence-corrected chi connectivity index (χ1v) is 7.94. The second-order valence-corrected chi connectivity index (χ2v) is 7.08. The zero-order chi connectivity index (χ0) is 13.9. The van der Waals surface area contributed by atoms with Gasteiger partial charge < -0.3 is 15.3 Å². The van der Waals surface area contributed by atoms with Gasteiger partial charge in [-0.25, -0.2) is 4.79 Å². The number of piperidine rings is 1. The van der Waals surface area contributed by atoms with E-state index < -0.39 is 11.4 Å². The maximum atomic E-state index is 12.0. The van der Waals surface area contributed by atoms with Gasteiger partial charge in [0.15, 0.2) is 0 Å². The summed E-state index contributed by atoms with van der Waals surface area (Å²) in [4.78, 5) is 24.9. The summed E-state index contributed by atoms with van der Waals surface area (Å²) in [5, 5.41) is 12.7. The highest BCUT2D eigenvalue weighted by Crippen LogP contribution is 2.31. The van der Waals surface area contributed by atoms with Gasteiger partial charge in [-0.05, 0) is 38.4 Å². The van der Waals surface area contributed by atoms with Crippen LogP contribution in [0.1, 0.15) is 32.6 Å². The Morgan fingerprint density at radius 3 is 2.63 bits per heavy atom. The number of nitrogens with zero attached hydrogens (tertiary/aromatic N) is 1. The largest absolute Gasteiger partial charge is 0.481 e. The number of hydrogen-bond acceptors (Lipinski definition) is 3. The lowest BCUT2D eigenvalue weighted by molar-refractivity contribution is -0.150. The molecule has 2 aliphatic rings. The van der Waals surface area contributed by atoms with Crippen molar-refractivity contribution in [1.82, 2.24) is 10.2 Å². The zero-order valence-corrected chi connectivity index (χ0v) is 12.2. The van der Waals surface area contributed by atoms with Crippen molar-refractivity contribution in [1.29, 1.82) is 0 Å². The summed E-state index contributed by atoms with van der Waals surface area (Å²) < 4.78 is 0. The lowest BCUT2D eigenvalue weighted by Gasteiger charge is -2.36. The summed E-state index contributed by atoms with van der Waals surface area (Å²) in [7, 11) is 0. The Morgan fingerprint density at radius 2 is 2.11 bits per heavy atom. The first-order chi connectivity index (χ1) is 9.01. The van der Waals surface area contributed by atoms with E-state index in [1.165, 1.54) is 18.6 Å². The molecule has 108 valence electrons. The second kappa shape index (κ2) is 6.03. The Balaban J connectivity index is 1.74. The number of carboxylic acid groups (broad SMARTS) is 1. The normalized spacial score (nSPS) is 26.2. The highest BCUT2D eigenvalue weighted by molar-refractivity contribution is 8.00. The van der Waals surface area contributed by atoms with Crippen LogP contribution >= 0.6 is 11.8 Å². The van der Waals surface area contributed by atoms with E-state index in [4.69, 9.17) is 5.11 Å². The topological polar surface area (TPSA) is 69.6 Å². The SMILES string of the molecule is CC1(C(=O)O)CCN(C(=O)NCC2CCCS2)CC1. The number of carbonyl (C=O) groups is 2. The van der Waals surface area contributed by atoms with E-state index >= 15 is 0 Å². The average Bonchev–Trinajstić information content (AvgIpc) is 2.90. The minimum absolute atomic E-state index is 0.0417. The molecule has 1 atom stereocenters. The van der Waals surface area contributed by atoms with Crippen LogP contribution < -0.4 is 5.32 Å². The Kier molecular flexibility index (Phi) is 4.60. The number of likely N-dealkylation sites (tertiary alicyclic amines) is 1. The fourth-order valence-electron chi connectivity index (χ4n) is 2.54. The monoisotopic (exact) mass is 286 g/mol. The maximum absolute atomic E-state index is 12.0. The number of urea groups is 1. The molecule has 2 fully saturated rings. The molecular formula is C13H22N2O3S. The van der Waals surface area contributed by atoms with Gasteiger partial charge in [-0.3, -0.25) is 4.79 Å². The molecule has 0 radical (unpaired) electrons. The quantitative estimate of drug-likeness (QED) is 0.829. The lowest BCUT2D eigenvalue weighted by atomic mass is 9.80. The minimum Gasteiger partial charge on any atom is -0.481 e. The highest BCUT2D eigenvalue weighted by Gasteiger charge is 2.38. The van der Waals surface area contributed by atoms with Crippen molar-refractivity contribution in [2.24, 2.45) is 5.41 Å². The highest BCUT2D eigenvalue weighted by atomic mass is 32.2. The number of nitrogens with one attached hydrogen (secondary N) is 1. The molecule has 0 aromatic carbocycles. The first kappa shape index (κ1) is 14.5. The minimum atomic E-state index is -0.755. The van der Waals surface area contributed by atoms with Gasteiger partial charge in [0, 0.05) is 24.9 Å². The molecule has 2 rings (SSSR count). The number of rotatable bonds is 3. The third kappa shape index (κ3) is 3.55. The third-order valence-electron chi connectivity index (χ3n) is 4.18. The van der Waals surface area contributed by atoms with Crippen LogP contribution in [-0.4, -0.2) is 52.6 Å². The van der Waals surface area contributed by atoms with Crippen molar-refractivity contribution >= 4 is 23.8 Å². The van der Waals surface area contributed by atoms with Gasteiger partial charge in [0.25, 0.3) is 0 Å². The van der Waals surface area contributed by atoms with Crippen molar-refractivity contribution < 1.29 is 14.7 Å². The van der Waals surface area contributed by atoms with Gasteiger partial charge in [0.05, 0.1) is 5.41 Å². The molecule has 19 heavy (non-hydrogen) atoms. The van der Waals surface area contributed by atoms with E-state index in [-0.39, 0.29) is 6.03 Å². The Bertz CT molecular complexity index is 348. The van der Waals surface area contributed by atoms with Crippen molar-refractivity contribution in [2.75, 3.05) is 25.4 Å². The van der Waals surface area contributed by atoms with Gasteiger partial charge in [0.1, 0.15) is 0 Å². The predicted octanol–water partition coefficient (Wildman–Crippen LogP) is 1.78. The van der Waals surface area contributed by atoms with E-state index in [1.807, 2.05) is 11.8 Å². The molecule has 1 unspecified atom stereocenters. The Labute approximate surface area is 118 Å². The van der Waals surface area contributed by atoms with E-state index in [2.05, 4.69) is 5.32 Å². The second-order valence-electron chi connectivity index (χ2n) is 5.67. The van der Waals surface area contributed by atoms with Crippen LogP contribution in [0, 0.1) is 5.41 Å². The van der Waals surface area contributed by atoms with Crippen molar-refractivity contribution in [2.45, 2.75) is 37.9 Å². The van der Waals surface area contributed by atoms with E-state index in [1.54, 1.807) is 11.8 Å². The van der Waals surface area contributed by atoms with Gasteiger partial charge in [-0.15, -0.1) is 0 Å². The molecule has 0 aromatic heterocycles. The van der Waals surface area contributed by atoms with Crippen LogP contribution in [0.3, 0.4) is 0 Å². The molecule has 5 nitrogen and oxygen atoms in total. The number of carbonyl (C=O) groups excluding carboxylic acids is 1. The predicted molar refractivity (Wildman–Crippen MR) is 75.4 cm³/mol. The van der Waals surface area contributed by atoms with Crippen LogP contribution in [0.25, 0.3) is 0 Å². The fourth-order valence-corrected chi connectivity index (χ4v) is 3.74. The fraction of sp³-hybridized carbons (Fsp3) is 0.846. The standard InChI is InChI=1S/C13H22N2O3S/c1-13(11(16)17)4-6-15(7-5-13)12(18)14-9-10-3-2-8-19-10/h10H,2-9H2,1H3,(H,14,18)(H,16,17).